The molecule has 0 aliphatic carbocycles. The molecule has 0 amide bonds. The van der Waals surface area contributed by atoms with Gasteiger partial charge in [-0.25, -0.2) is 0 Å². The second-order valence-corrected chi connectivity index (χ2v) is 5.05. The topological polar surface area (TPSA) is 20.3 Å². The van der Waals surface area contributed by atoms with Gasteiger partial charge in [0.1, 0.15) is 6.29 Å². The molecule has 1 aliphatic heterocycles. The van der Waals surface area contributed by atoms with Gasteiger partial charge in [-0.1, -0.05) is 48.5 Å². The van der Waals surface area contributed by atoms with E-state index in [1.54, 1.807) is 0 Å². The summed E-state index contributed by atoms with van der Waals surface area (Å²) in [7, 11) is 0. The van der Waals surface area contributed by atoms with Crippen molar-refractivity contribution in [1.82, 2.24) is 4.90 Å². The maximum absolute atomic E-state index is 11.0. The van der Waals surface area contributed by atoms with Crippen LogP contribution in [0.25, 0.3) is 0 Å². The molecule has 0 atom stereocenters. The van der Waals surface area contributed by atoms with Gasteiger partial charge in [-0.15, -0.1) is 0 Å². The summed E-state index contributed by atoms with van der Waals surface area (Å²) >= 11 is 0. The van der Waals surface area contributed by atoms with Crippen molar-refractivity contribution in [2.24, 2.45) is 0 Å². The third-order valence-electron chi connectivity index (χ3n) is 3.79. The van der Waals surface area contributed by atoms with E-state index in [-0.39, 0.29) is 0 Å². The SMILES string of the molecule is O=Cc1ccccc1CN1CCc2ccccc2C1. The fourth-order valence-corrected chi connectivity index (χ4v) is 2.72. The predicted octanol–water partition coefficient (Wildman–Crippen LogP) is 3.06. The standard InChI is InChI=1S/C17H17NO/c19-13-17-8-4-3-7-16(17)12-18-10-9-14-5-1-2-6-15(14)11-18/h1-8,13H,9-12H2. The molecule has 2 nitrogen and oxygen atoms in total. The molecule has 1 heterocycles. The number of fused-ring (bicyclic) bond motifs is 1. The average molecular weight is 251 g/mol. The van der Waals surface area contributed by atoms with Crippen LogP contribution >= 0.6 is 0 Å². The van der Waals surface area contributed by atoms with Crippen molar-refractivity contribution in [2.75, 3.05) is 6.54 Å². The lowest BCUT2D eigenvalue weighted by Gasteiger charge is -2.29. The van der Waals surface area contributed by atoms with Gasteiger partial charge in [0.25, 0.3) is 0 Å². The Labute approximate surface area is 113 Å². The maximum atomic E-state index is 11.0. The predicted molar refractivity (Wildman–Crippen MR) is 76.1 cm³/mol. The summed E-state index contributed by atoms with van der Waals surface area (Å²) in [5.74, 6) is 0. The first-order valence-corrected chi connectivity index (χ1v) is 6.69. The van der Waals surface area contributed by atoms with Gasteiger partial charge in [-0.05, 0) is 23.1 Å². The van der Waals surface area contributed by atoms with E-state index in [4.69, 9.17) is 0 Å². The zero-order valence-electron chi connectivity index (χ0n) is 10.9. The summed E-state index contributed by atoms with van der Waals surface area (Å²) < 4.78 is 0. The number of aldehydes is 1. The lowest BCUT2D eigenvalue weighted by molar-refractivity contribution is 0.112. The van der Waals surface area contributed by atoms with E-state index in [0.29, 0.717) is 0 Å². The molecule has 0 N–H and O–H groups in total. The summed E-state index contributed by atoms with van der Waals surface area (Å²) in [6.45, 7) is 2.89. The molecule has 96 valence electrons. The van der Waals surface area contributed by atoms with Crippen molar-refractivity contribution in [2.45, 2.75) is 19.5 Å². The fraction of sp³-hybridized carbons (Fsp3) is 0.235. The van der Waals surface area contributed by atoms with Crippen LogP contribution in [0.4, 0.5) is 0 Å². The Morgan fingerprint density at radius 3 is 2.58 bits per heavy atom. The van der Waals surface area contributed by atoms with Crippen molar-refractivity contribution in [3.8, 4) is 0 Å². The van der Waals surface area contributed by atoms with Crippen molar-refractivity contribution in [3.05, 3.63) is 70.8 Å². The molecular weight excluding hydrogens is 234 g/mol. The van der Waals surface area contributed by atoms with Crippen LogP contribution in [0.2, 0.25) is 0 Å². The van der Waals surface area contributed by atoms with Crippen molar-refractivity contribution in [1.29, 1.82) is 0 Å². The average Bonchev–Trinajstić information content (AvgIpc) is 2.48. The number of rotatable bonds is 3. The van der Waals surface area contributed by atoms with Crippen molar-refractivity contribution >= 4 is 6.29 Å². The molecule has 0 fully saturated rings. The first kappa shape index (κ1) is 12.1. The van der Waals surface area contributed by atoms with Crippen molar-refractivity contribution < 1.29 is 4.79 Å². The largest absolute Gasteiger partial charge is 0.298 e. The van der Waals surface area contributed by atoms with Crippen LogP contribution in [0, 0.1) is 0 Å². The highest BCUT2D eigenvalue weighted by Crippen LogP contribution is 2.20. The first-order chi connectivity index (χ1) is 9.36. The second-order valence-electron chi connectivity index (χ2n) is 5.05. The van der Waals surface area contributed by atoms with E-state index >= 15 is 0 Å². The molecule has 3 rings (SSSR count). The number of carbonyl (C=O) groups excluding carboxylic acids is 1. The van der Waals surface area contributed by atoms with Gasteiger partial charge in [0.2, 0.25) is 0 Å². The quantitative estimate of drug-likeness (QED) is 0.781. The highest BCUT2D eigenvalue weighted by molar-refractivity contribution is 5.77. The van der Waals surface area contributed by atoms with Gasteiger partial charge in [-0.3, -0.25) is 9.69 Å². The molecule has 0 saturated carbocycles. The molecule has 0 radical (unpaired) electrons. The molecule has 0 unspecified atom stereocenters. The Morgan fingerprint density at radius 1 is 1.00 bits per heavy atom. The van der Waals surface area contributed by atoms with Gasteiger partial charge in [0.05, 0.1) is 0 Å². The number of hydrogen-bond donors (Lipinski definition) is 0. The molecule has 2 aromatic carbocycles. The van der Waals surface area contributed by atoms with Crippen LogP contribution in [-0.2, 0) is 19.5 Å². The maximum Gasteiger partial charge on any atom is 0.150 e. The molecule has 0 bridgehead atoms. The van der Waals surface area contributed by atoms with E-state index in [2.05, 4.69) is 29.2 Å². The first-order valence-electron chi connectivity index (χ1n) is 6.69. The molecule has 19 heavy (non-hydrogen) atoms. The Kier molecular flexibility index (Phi) is 3.43. The van der Waals surface area contributed by atoms with Crippen molar-refractivity contribution in [3.63, 3.8) is 0 Å². The minimum Gasteiger partial charge on any atom is -0.298 e. The third kappa shape index (κ3) is 2.59. The molecule has 2 aromatic rings. The summed E-state index contributed by atoms with van der Waals surface area (Å²) in [6, 6.07) is 16.5. The van der Waals surface area contributed by atoms with Gasteiger partial charge >= 0.3 is 0 Å². The lowest BCUT2D eigenvalue weighted by Crippen LogP contribution is -2.30. The molecule has 1 aliphatic rings. The number of hydrogen-bond acceptors (Lipinski definition) is 2. The van der Waals surface area contributed by atoms with Gasteiger partial charge < -0.3 is 0 Å². The fourth-order valence-electron chi connectivity index (χ4n) is 2.72. The Bertz CT molecular complexity index is 591. The van der Waals surface area contributed by atoms with Crippen LogP contribution in [-0.4, -0.2) is 17.7 Å². The van der Waals surface area contributed by atoms with Crippen LogP contribution < -0.4 is 0 Å². The van der Waals surface area contributed by atoms with Crippen LogP contribution in [0.15, 0.2) is 48.5 Å². The summed E-state index contributed by atoms with van der Waals surface area (Å²) in [6.07, 6.45) is 2.05. The van der Waals surface area contributed by atoms with E-state index in [1.165, 1.54) is 11.1 Å². The normalized spacial score (nSPS) is 14.9. The summed E-state index contributed by atoms with van der Waals surface area (Å²) in [5, 5.41) is 0. The van der Waals surface area contributed by atoms with Crippen LogP contribution in [0.3, 0.4) is 0 Å². The van der Waals surface area contributed by atoms with E-state index < -0.39 is 0 Å². The monoisotopic (exact) mass is 251 g/mol. The van der Waals surface area contributed by atoms with E-state index in [9.17, 15) is 4.79 Å². The van der Waals surface area contributed by atoms with E-state index in [1.807, 2.05) is 24.3 Å². The van der Waals surface area contributed by atoms with Gasteiger partial charge in [0.15, 0.2) is 0 Å². The minimum atomic E-state index is 0.807. The third-order valence-corrected chi connectivity index (χ3v) is 3.79. The molecule has 0 spiro atoms. The minimum absolute atomic E-state index is 0.807. The smallest absolute Gasteiger partial charge is 0.150 e. The zero-order chi connectivity index (χ0) is 13.1. The number of benzene rings is 2. The lowest BCUT2D eigenvalue weighted by atomic mass is 9.99. The zero-order valence-corrected chi connectivity index (χ0v) is 10.9. The highest BCUT2D eigenvalue weighted by Gasteiger charge is 2.16. The van der Waals surface area contributed by atoms with Gasteiger partial charge in [0, 0.05) is 25.2 Å². The number of carbonyl (C=O) groups is 1. The van der Waals surface area contributed by atoms with Gasteiger partial charge in [-0.2, -0.15) is 0 Å². The highest BCUT2D eigenvalue weighted by atomic mass is 16.1. The molecule has 2 heteroatoms. The van der Waals surface area contributed by atoms with Crippen LogP contribution in [0.5, 0.6) is 0 Å². The molecule has 0 aromatic heterocycles. The summed E-state index contributed by atoms with van der Waals surface area (Å²) in [5.41, 5.74) is 4.80. The number of nitrogens with zero attached hydrogens (tertiary/aromatic N) is 1. The Balaban J connectivity index is 1.77. The molecule has 0 saturated heterocycles. The Hall–Kier alpha value is -1.93. The molecular formula is C17H17NO. The van der Waals surface area contributed by atoms with Crippen LogP contribution in [0.1, 0.15) is 27.0 Å². The second kappa shape index (κ2) is 5.37. The van der Waals surface area contributed by atoms with E-state index in [0.717, 1.165) is 43.5 Å². The summed E-state index contributed by atoms with van der Waals surface area (Å²) in [4.78, 5) is 13.5. The Morgan fingerprint density at radius 2 is 1.74 bits per heavy atom.